The summed E-state index contributed by atoms with van der Waals surface area (Å²) in [7, 11) is 1.61. The van der Waals surface area contributed by atoms with Crippen LogP contribution >= 0.6 is 0 Å². The fourth-order valence-corrected chi connectivity index (χ4v) is 2.20. The Kier molecular flexibility index (Phi) is 4.26. The van der Waals surface area contributed by atoms with Crippen LogP contribution in [0.25, 0.3) is 0 Å². The molecule has 0 spiro atoms. The van der Waals surface area contributed by atoms with Gasteiger partial charge in [0.15, 0.2) is 0 Å². The van der Waals surface area contributed by atoms with Gasteiger partial charge in [0.05, 0.1) is 5.92 Å². The van der Waals surface area contributed by atoms with Crippen molar-refractivity contribution in [2.24, 2.45) is 0 Å². The van der Waals surface area contributed by atoms with Crippen molar-refractivity contribution in [3.63, 3.8) is 0 Å². The molecule has 1 aliphatic heterocycles. The minimum atomic E-state index is -0.873. The average Bonchev–Trinajstić information content (AvgIpc) is 2.48. The van der Waals surface area contributed by atoms with Crippen LogP contribution in [0.4, 0.5) is 0 Å². The first-order chi connectivity index (χ1) is 9.90. The monoisotopic (exact) mass is 290 g/mol. The quantitative estimate of drug-likeness (QED) is 0.827. The molecule has 6 heteroatoms. The Bertz CT molecular complexity index is 568. The highest BCUT2D eigenvalue weighted by atomic mass is 16.4. The minimum Gasteiger partial charge on any atom is -0.481 e. The van der Waals surface area contributed by atoms with Crippen molar-refractivity contribution in [3.05, 3.63) is 35.4 Å². The summed E-state index contributed by atoms with van der Waals surface area (Å²) in [5, 5.41) is 8.96. The van der Waals surface area contributed by atoms with Crippen molar-refractivity contribution in [1.82, 2.24) is 9.80 Å². The molecule has 1 saturated heterocycles. The van der Waals surface area contributed by atoms with Crippen LogP contribution in [0, 0.1) is 0 Å². The SMILES string of the molecule is CC(C(=O)O)c1ccc(CN2CCN(C)C(=O)C2=O)cc1. The van der Waals surface area contributed by atoms with Gasteiger partial charge >= 0.3 is 17.8 Å². The van der Waals surface area contributed by atoms with Crippen LogP contribution in [-0.4, -0.2) is 52.8 Å². The maximum Gasteiger partial charge on any atom is 0.312 e. The predicted molar refractivity (Wildman–Crippen MR) is 75.5 cm³/mol. The molecular formula is C15H18N2O4. The van der Waals surface area contributed by atoms with Gasteiger partial charge in [-0.2, -0.15) is 0 Å². The standard InChI is InChI=1S/C15H18N2O4/c1-10(15(20)21)12-5-3-11(4-6-12)9-17-8-7-16(2)13(18)14(17)19/h3-6,10H,7-9H2,1-2H3,(H,20,21). The largest absolute Gasteiger partial charge is 0.481 e. The lowest BCUT2D eigenvalue weighted by atomic mass is 10.00. The molecule has 1 fully saturated rings. The minimum absolute atomic E-state index is 0.361. The third kappa shape index (κ3) is 3.21. The van der Waals surface area contributed by atoms with Gasteiger partial charge in [0, 0.05) is 26.7 Å². The summed E-state index contributed by atoms with van der Waals surface area (Å²) in [6.07, 6.45) is 0. The van der Waals surface area contributed by atoms with Gasteiger partial charge < -0.3 is 14.9 Å². The smallest absolute Gasteiger partial charge is 0.312 e. The van der Waals surface area contributed by atoms with E-state index >= 15 is 0 Å². The normalized spacial score (nSPS) is 17.0. The molecule has 112 valence electrons. The molecule has 1 N–H and O–H groups in total. The molecule has 0 aliphatic carbocycles. The van der Waals surface area contributed by atoms with E-state index in [4.69, 9.17) is 5.11 Å². The van der Waals surface area contributed by atoms with Gasteiger partial charge in [0.2, 0.25) is 0 Å². The van der Waals surface area contributed by atoms with Gasteiger partial charge in [-0.1, -0.05) is 24.3 Å². The fraction of sp³-hybridized carbons (Fsp3) is 0.400. The molecule has 2 amide bonds. The van der Waals surface area contributed by atoms with Crippen LogP contribution in [0.2, 0.25) is 0 Å². The van der Waals surface area contributed by atoms with Crippen molar-refractivity contribution in [1.29, 1.82) is 0 Å². The van der Waals surface area contributed by atoms with E-state index in [-0.39, 0.29) is 0 Å². The number of likely N-dealkylation sites (N-methyl/N-ethyl adjacent to an activating group) is 1. The Balaban J connectivity index is 2.05. The molecule has 0 saturated carbocycles. The number of piperazine rings is 1. The second kappa shape index (κ2) is 5.95. The molecule has 1 heterocycles. The number of hydrogen-bond acceptors (Lipinski definition) is 3. The second-order valence-corrected chi connectivity index (χ2v) is 5.25. The number of carboxylic acid groups (broad SMARTS) is 1. The van der Waals surface area contributed by atoms with E-state index in [1.165, 1.54) is 9.80 Å². The van der Waals surface area contributed by atoms with Crippen molar-refractivity contribution in [2.45, 2.75) is 19.4 Å². The lowest BCUT2D eigenvalue weighted by Gasteiger charge is -2.31. The molecular weight excluding hydrogens is 272 g/mol. The van der Waals surface area contributed by atoms with Crippen LogP contribution in [0.15, 0.2) is 24.3 Å². The summed E-state index contributed by atoms with van der Waals surface area (Å²) >= 11 is 0. The maximum absolute atomic E-state index is 11.9. The van der Waals surface area contributed by atoms with Gasteiger partial charge in [0.1, 0.15) is 0 Å². The third-order valence-electron chi connectivity index (χ3n) is 3.75. The molecule has 1 aliphatic rings. The van der Waals surface area contributed by atoms with Gasteiger partial charge in [-0.05, 0) is 18.1 Å². The summed E-state index contributed by atoms with van der Waals surface area (Å²) in [4.78, 5) is 37.3. The Labute approximate surface area is 123 Å². The predicted octanol–water partition coefficient (Wildman–Crippen LogP) is 0.675. The van der Waals surface area contributed by atoms with E-state index in [1.54, 1.807) is 38.2 Å². The fourth-order valence-electron chi connectivity index (χ4n) is 2.20. The summed E-state index contributed by atoms with van der Waals surface area (Å²) in [6.45, 7) is 3.02. The average molecular weight is 290 g/mol. The van der Waals surface area contributed by atoms with Crippen LogP contribution in [-0.2, 0) is 20.9 Å². The summed E-state index contributed by atoms with van der Waals surface area (Å²) in [5.74, 6) is -2.42. The molecule has 21 heavy (non-hydrogen) atoms. The van der Waals surface area contributed by atoms with Gasteiger partial charge in [-0.15, -0.1) is 0 Å². The highest BCUT2D eigenvalue weighted by molar-refractivity contribution is 6.35. The first-order valence-corrected chi connectivity index (χ1v) is 6.76. The molecule has 2 rings (SSSR count). The first-order valence-electron chi connectivity index (χ1n) is 6.76. The van der Waals surface area contributed by atoms with Gasteiger partial charge in [-0.25, -0.2) is 0 Å². The van der Waals surface area contributed by atoms with E-state index in [0.717, 1.165) is 5.56 Å². The van der Waals surface area contributed by atoms with Crippen LogP contribution in [0.1, 0.15) is 24.0 Å². The topological polar surface area (TPSA) is 77.9 Å². The lowest BCUT2D eigenvalue weighted by Crippen LogP contribution is -2.52. The number of rotatable bonds is 4. The number of nitrogens with zero attached hydrogens (tertiary/aromatic N) is 2. The third-order valence-corrected chi connectivity index (χ3v) is 3.75. The molecule has 0 bridgehead atoms. The lowest BCUT2D eigenvalue weighted by molar-refractivity contribution is -0.155. The molecule has 6 nitrogen and oxygen atoms in total. The zero-order valence-electron chi connectivity index (χ0n) is 12.1. The number of aliphatic carboxylic acids is 1. The summed E-state index contributed by atoms with van der Waals surface area (Å²) < 4.78 is 0. The second-order valence-electron chi connectivity index (χ2n) is 5.25. The van der Waals surface area contributed by atoms with Crippen LogP contribution < -0.4 is 0 Å². The number of carbonyl (C=O) groups is 3. The Hall–Kier alpha value is -2.37. The van der Waals surface area contributed by atoms with Gasteiger partial charge in [0.25, 0.3) is 0 Å². The molecule has 1 aromatic carbocycles. The van der Waals surface area contributed by atoms with Crippen LogP contribution in [0.5, 0.6) is 0 Å². The van der Waals surface area contributed by atoms with Crippen molar-refractivity contribution in [3.8, 4) is 0 Å². The van der Waals surface area contributed by atoms with Crippen molar-refractivity contribution >= 4 is 17.8 Å². The molecule has 0 radical (unpaired) electrons. The summed E-state index contributed by atoms with van der Waals surface area (Å²) in [5.41, 5.74) is 1.59. The van der Waals surface area contributed by atoms with E-state index in [1.807, 2.05) is 0 Å². The van der Waals surface area contributed by atoms with E-state index in [9.17, 15) is 14.4 Å². The number of hydrogen-bond donors (Lipinski definition) is 1. The van der Waals surface area contributed by atoms with E-state index in [0.29, 0.717) is 25.2 Å². The summed E-state index contributed by atoms with van der Waals surface area (Å²) in [6, 6.07) is 7.09. The van der Waals surface area contributed by atoms with E-state index in [2.05, 4.69) is 0 Å². The Morgan fingerprint density at radius 3 is 2.38 bits per heavy atom. The number of carboxylic acids is 1. The number of benzene rings is 1. The molecule has 1 aromatic rings. The number of carbonyl (C=O) groups excluding carboxylic acids is 2. The van der Waals surface area contributed by atoms with Gasteiger partial charge in [-0.3, -0.25) is 14.4 Å². The van der Waals surface area contributed by atoms with Crippen molar-refractivity contribution in [2.75, 3.05) is 20.1 Å². The maximum atomic E-state index is 11.9. The molecule has 1 atom stereocenters. The number of amides is 2. The molecule has 0 aromatic heterocycles. The van der Waals surface area contributed by atoms with E-state index < -0.39 is 23.7 Å². The Morgan fingerprint density at radius 1 is 1.19 bits per heavy atom. The first kappa shape index (κ1) is 15.0. The highest BCUT2D eigenvalue weighted by Gasteiger charge is 2.30. The van der Waals surface area contributed by atoms with Crippen molar-refractivity contribution < 1.29 is 19.5 Å². The zero-order chi connectivity index (χ0) is 15.6. The zero-order valence-corrected chi connectivity index (χ0v) is 12.1. The molecule has 1 unspecified atom stereocenters. The van der Waals surface area contributed by atoms with Crippen LogP contribution in [0.3, 0.4) is 0 Å². The Morgan fingerprint density at radius 2 is 1.81 bits per heavy atom. The highest BCUT2D eigenvalue weighted by Crippen LogP contribution is 2.17.